The highest BCUT2D eigenvalue weighted by atomic mass is 16.2. The summed E-state index contributed by atoms with van der Waals surface area (Å²) in [5.41, 5.74) is 0.966. The van der Waals surface area contributed by atoms with Crippen molar-refractivity contribution < 1.29 is 14.4 Å². The molecule has 1 aromatic rings. The third-order valence-corrected chi connectivity index (χ3v) is 2.63. The van der Waals surface area contributed by atoms with Gasteiger partial charge in [0.15, 0.2) is 0 Å². The first-order valence-corrected chi connectivity index (χ1v) is 7.50. The summed E-state index contributed by atoms with van der Waals surface area (Å²) in [5.74, 6) is -0.287. The molecule has 0 saturated heterocycles. The number of nitrogens with zero attached hydrogens (tertiary/aromatic N) is 1. The molecule has 0 unspecified atom stereocenters. The van der Waals surface area contributed by atoms with Crippen molar-refractivity contribution in [2.45, 2.75) is 34.2 Å². The van der Waals surface area contributed by atoms with E-state index in [0.717, 1.165) is 5.56 Å². The minimum Gasteiger partial charge on any atom is -0.330 e. The molecule has 0 atom stereocenters. The second-order valence-electron chi connectivity index (χ2n) is 4.74. The van der Waals surface area contributed by atoms with Crippen molar-refractivity contribution in [2.75, 3.05) is 19.6 Å². The number of nitrogens with one attached hydrogen (secondary N) is 1. The lowest BCUT2D eigenvalue weighted by molar-refractivity contribution is -0.134. The van der Waals surface area contributed by atoms with Crippen LogP contribution in [0.25, 0.3) is 0 Å². The molecular formula is C17H26N2O3. The Morgan fingerprint density at radius 2 is 1.55 bits per heavy atom. The van der Waals surface area contributed by atoms with Crippen molar-refractivity contribution in [1.29, 1.82) is 0 Å². The lowest BCUT2D eigenvalue weighted by atomic mass is 10.2. The zero-order valence-corrected chi connectivity index (χ0v) is 13.9. The molecule has 1 aromatic carbocycles. The molecule has 1 N–H and O–H groups in total. The second-order valence-corrected chi connectivity index (χ2v) is 4.74. The maximum atomic E-state index is 12.1. The first-order chi connectivity index (χ1) is 10.5. The van der Waals surface area contributed by atoms with Crippen LogP contribution in [-0.2, 0) is 20.9 Å². The van der Waals surface area contributed by atoms with Crippen LogP contribution in [0, 0.1) is 0 Å². The van der Waals surface area contributed by atoms with E-state index >= 15 is 0 Å². The molecule has 0 radical (unpaired) electrons. The van der Waals surface area contributed by atoms with Gasteiger partial charge < -0.3 is 10.2 Å². The van der Waals surface area contributed by atoms with Crippen LogP contribution in [-0.4, -0.2) is 42.0 Å². The Labute approximate surface area is 132 Å². The molecule has 22 heavy (non-hydrogen) atoms. The molecule has 0 spiro atoms. The number of rotatable bonds is 8. The average molecular weight is 306 g/mol. The zero-order chi connectivity index (χ0) is 17.0. The molecule has 0 fully saturated rings. The lowest BCUT2D eigenvalue weighted by Crippen LogP contribution is -2.41. The minimum absolute atomic E-state index is 0.0287. The Bertz CT molecular complexity index is 472. The largest absolute Gasteiger partial charge is 0.330 e. The fourth-order valence-electron chi connectivity index (χ4n) is 1.76. The maximum Gasteiger partial charge on any atom is 0.237 e. The Morgan fingerprint density at radius 3 is 2.05 bits per heavy atom. The van der Waals surface area contributed by atoms with Crippen molar-refractivity contribution in [1.82, 2.24) is 10.2 Å². The van der Waals surface area contributed by atoms with Crippen LogP contribution < -0.4 is 5.32 Å². The number of benzene rings is 1. The van der Waals surface area contributed by atoms with Gasteiger partial charge in [-0.25, -0.2) is 0 Å². The summed E-state index contributed by atoms with van der Waals surface area (Å²) in [6.07, 6.45) is 0. The van der Waals surface area contributed by atoms with Gasteiger partial charge in [0, 0.05) is 6.54 Å². The van der Waals surface area contributed by atoms with E-state index in [9.17, 15) is 14.4 Å². The number of hydrogen-bond acceptors (Lipinski definition) is 4. The Balaban J connectivity index is 0.00000211. The Morgan fingerprint density at radius 1 is 0.955 bits per heavy atom. The van der Waals surface area contributed by atoms with Crippen LogP contribution >= 0.6 is 0 Å². The highest BCUT2D eigenvalue weighted by Gasteiger charge is 2.15. The van der Waals surface area contributed by atoms with Gasteiger partial charge in [-0.1, -0.05) is 44.2 Å². The van der Waals surface area contributed by atoms with Gasteiger partial charge in [0.2, 0.25) is 5.91 Å². The fourth-order valence-corrected chi connectivity index (χ4v) is 1.76. The molecule has 0 bridgehead atoms. The van der Waals surface area contributed by atoms with Crippen molar-refractivity contribution in [3.63, 3.8) is 0 Å². The molecule has 0 aromatic heterocycles. The molecule has 1 rings (SSSR count). The SMILES string of the molecule is CC.CC(=O)CNCC(=O)N(CC(C)=O)Cc1ccccc1. The first-order valence-electron chi connectivity index (χ1n) is 7.50. The van der Waals surface area contributed by atoms with Gasteiger partial charge in [0.1, 0.15) is 11.6 Å². The van der Waals surface area contributed by atoms with Gasteiger partial charge in [0.05, 0.1) is 19.6 Å². The van der Waals surface area contributed by atoms with Crippen molar-refractivity contribution in [3.8, 4) is 0 Å². The predicted octanol–water partition coefficient (Wildman–Crippen LogP) is 1.81. The predicted molar refractivity (Wildman–Crippen MR) is 87.4 cm³/mol. The smallest absolute Gasteiger partial charge is 0.237 e. The van der Waals surface area contributed by atoms with Crippen LogP contribution in [0.4, 0.5) is 0 Å². The number of carbonyl (C=O) groups excluding carboxylic acids is 3. The molecule has 0 aliphatic heterocycles. The van der Waals surface area contributed by atoms with Crippen molar-refractivity contribution in [2.24, 2.45) is 0 Å². The quantitative estimate of drug-likeness (QED) is 0.795. The molecule has 0 aliphatic carbocycles. The highest BCUT2D eigenvalue weighted by molar-refractivity contribution is 5.86. The number of carbonyl (C=O) groups is 3. The van der Waals surface area contributed by atoms with Crippen LogP contribution in [0.2, 0.25) is 0 Å². The monoisotopic (exact) mass is 306 g/mol. The summed E-state index contributed by atoms with van der Waals surface area (Å²) < 4.78 is 0. The van der Waals surface area contributed by atoms with Crippen LogP contribution in [0.1, 0.15) is 33.3 Å². The summed E-state index contributed by atoms with van der Waals surface area (Å²) in [6, 6.07) is 9.49. The Kier molecular flexibility index (Phi) is 10.6. The summed E-state index contributed by atoms with van der Waals surface area (Å²) in [7, 11) is 0. The number of ketones is 2. The normalized spacial score (nSPS) is 9.45. The zero-order valence-electron chi connectivity index (χ0n) is 13.9. The second kappa shape index (κ2) is 11.6. The van der Waals surface area contributed by atoms with E-state index in [1.165, 1.54) is 18.7 Å². The van der Waals surface area contributed by atoms with Gasteiger partial charge in [0.25, 0.3) is 0 Å². The minimum atomic E-state index is -0.190. The van der Waals surface area contributed by atoms with Crippen LogP contribution in [0.5, 0.6) is 0 Å². The third kappa shape index (κ3) is 9.02. The topological polar surface area (TPSA) is 66.5 Å². The van der Waals surface area contributed by atoms with Gasteiger partial charge in [-0.3, -0.25) is 14.4 Å². The third-order valence-electron chi connectivity index (χ3n) is 2.63. The van der Waals surface area contributed by atoms with Crippen LogP contribution in [0.15, 0.2) is 30.3 Å². The summed E-state index contributed by atoms with van der Waals surface area (Å²) in [4.78, 5) is 35.6. The van der Waals surface area contributed by atoms with E-state index in [0.29, 0.717) is 6.54 Å². The average Bonchev–Trinajstić information content (AvgIpc) is 2.49. The van der Waals surface area contributed by atoms with E-state index in [-0.39, 0.29) is 37.1 Å². The molecule has 0 aliphatic rings. The molecule has 122 valence electrons. The highest BCUT2D eigenvalue weighted by Crippen LogP contribution is 2.04. The lowest BCUT2D eigenvalue weighted by Gasteiger charge is -2.21. The molecule has 5 heteroatoms. The molecule has 0 heterocycles. The molecule has 5 nitrogen and oxygen atoms in total. The standard InChI is InChI=1S/C15H20N2O3.C2H6/c1-12(18)8-16-9-15(20)17(10-13(2)19)11-14-6-4-3-5-7-14;1-2/h3-7,16H,8-11H2,1-2H3;1-2H3. The van der Waals surface area contributed by atoms with Gasteiger partial charge in [-0.05, 0) is 19.4 Å². The Hall–Kier alpha value is -2.01. The summed E-state index contributed by atoms with van der Waals surface area (Å²) >= 11 is 0. The van der Waals surface area contributed by atoms with Crippen molar-refractivity contribution >= 4 is 17.5 Å². The summed E-state index contributed by atoms with van der Waals surface area (Å²) in [5, 5.41) is 2.77. The number of Topliss-reactive ketones (excluding diaryl/α,β-unsaturated/α-hetero) is 2. The first kappa shape index (κ1) is 20.0. The van der Waals surface area contributed by atoms with E-state index < -0.39 is 0 Å². The van der Waals surface area contributed by atoms with Crippen molar-refractivity contribution in [3.05, 3.63) is 35.9 Å². The number of hydrogen-bond donors (Lipinski definition) is 1. The molecule has 1 amide bonds. The molecular weight excluding hydrogens is 280 g/mol. The van der Waals surface area contributed by atoms with E-state index in [4.69, 9.17) is 0 Å². The maximum absolute atomic E-state index is 12.1. The van der Waals surface area contributed by atoms with E-state index in [1.54, 1.807) is 0 Å². The van der Waals surface area contributed by atoms with E-state index in [2.05, 4.69) is 5.32 Å². The van der Waals surface area contributed by atoms with E-state index in [1.807, 2.05) is 44.2 Å². The van der Waals surface area contributed by atoms with Gasteiger partial charge in [-0.15, -0.1) is 0 Å². The van der Waals surface area contributed by atoms with Gasteiger partial charge >= 0.3 is 0 Å². The van der Waals surface area contributed by atoms with Gasteiger partial charge in [-0.2, -0.15) is 0 Å². The fraction of sp³-hybridized carbons (Fsp3) is 0.471. The van der Waals surface area contributed by atoms with Crippen LogP contribution in [0.3, 0.4) is 0 Å². The summed E-state index contributed by atoms with van der Waals surface area (Å²) in [6.45, 7) is 7.59. The number of amides is 1. The molecule has 0 saturated carbocycles.